The van der Waals surface area contributed by atoms with Crippen molar-refractivity contribution in [3.63, 3.8) is 0 Å². The first-order valence-electron chi connectivity index (χ1n) is 7.74. The number of amidine groups is 1. The van der Waals surface area contributed by atoms with Crippen LogP contribution in [0.5, 0.6) is 0 Å². The fourth-order valence-electron chi connectivity index (χ4n) is 2.06. The molecule has 0 saturated heterocycles. The quantitative estimate of drug-likeness (QED) is 0.306. The Morgan fingerprint density at radius 3 is 1.59 bits per heavy atom. The van der Waals surface area contributed by atoms with Gasteiger partial charge in [-0.1, -0.05) is 0 Å². The van der Waals surface area contributed by atoms with Crippen LogP contribution in [0.1, 0.15) is 31.8 Å². The zero-order chi connectivity index (χ0) is 21.8. The molecule has 2 amide bonds. The second-order valence-corrected chi connectivity index (χ2v) is 7.20. The normalized spacial score (nSPS) is 12.6. The van der Waals surface area contributed by atoms with Crippen LogP contribution in [0.2, 0.25) is 5.82 Å². The van der Waals surface area contributed by atoms with Crippen LogP contribution in [0.25, 0.3) is 0 Å². The van der Waals surface area contributed by atoms with E-state index in [1.165, 1.54) is 0 Å². The van der Waals surface area contributed by atoms with Gasteiger partial charge in [0.1, 0.15) is 0 Å². The molecule has 11 heteroatoms. The van der Waals surface area contributed by atoms with Crippen molar-refractivity contribution in [2.24, 2.45) is 4.99 Å². The molecule has 0 atom stereocenters. The number of nitrogens with zero attached hydrogens (tertiary/aromatic N) is 1. The number of amides is 2. The second kappa shape index (κ2) is 8.79. The van der Waals surface area contributed by atoms with Gasteiger partial charge in [-0.15, -0.1) is 0 Å². The molecule has 0 radical (unpaired) electrons. The molecule has 4 nitrogen and oxygen atoms in total. The van der Waals surface area contributed by atoms with Crippen LogP contribution >= 0.6 is 0 Å². The summed E-state index contributed by atoms with van der Waals surface area (Å²) in [5.41, 5.74) is -2.02. The average Bonchev–Trinajstić information content (AvgIpc) is 2.66. The van der Waals surface area contributed by atoms with Crippen molar-refractivity contribution in [1.29, 1.82) is 0 Å². The molecule has 0 saturated carbocycles. The van der Waals surface area contributed by atoms with Crippen molar-refractivity contribution in [2.45, 2.75) is 18.2 Å². The van der Waals surface area contributed by atoms with Crippen molar-refractivity contribution < 1.29 is 35.9 Å². The van der Waals surface area contributed by atoms with E-state index >= 15 is 0 Å². The van der Waals surface area contributed by atoms with Gasteiger partial charge in [0.2, 0.25) is 0 Å². The number of carbonyl (C=O) groups is 2. The second-order valence-electron chi connectivity index (χ2n) is 5.53. The Morgan fingerprint density at radius 2 is 1.21 bits per heavy atom. The van der Waals surface area contributed by atoms with Gasteiger partial charge in [-0.3, -0.25) is 0 Å². The molecule has 1 N–H and O–H groups in total. The zero-order valence-corrected chi connectivity index (χ0v) is 16.3. The summed E-state index contributed by atoms with van der Waals surface area (Å²) in [7, 11) is 0. The molecule has 0 bridgehead atoms. The van der Waals surface area contributed by atoms with E-state index in [-0.39, 0.29) is 15.9 Å². The van der Waals surface area contributed by atoms with E-state index in [0.29, 0.717) is 0 Å². The number of halogens is 6. The summed E-state index contributed by atoms with van der Waals surface area (Å²) in [5.74, 6) is 0.00500. The summed E-state index contributed by atoms with van der Waals surface area (Å²) in [6.07, 6.45) is -9.08. The Balaban J connectivity index is 2.13. The molecule has 0 fully saturated rings. The Hall–Kier alpha value is -2.65. The molecule has 2 aromatic carbocycles. The maximum atomic E-state index is 12.6. The number of hydrogen-bond donors (Lipinski definition) is 1. The molecule has 0 aliphatic heterocycles. The van der Waals surface area contributed by atoms with Gasteiger partial charge < -0.3 is 0 Å². The molecule has 0 aliphatic rings. The van der Waals surface area contributed by atoms with Gasteiger partial charge in [0.15, 0.2) is 0 Å². The summed E-state index contributed by atoms with van der Waals surface area (Å²) in [6.45, 7) is 0. The average molecular weight is 481 g/mol. The summed E-state index contributed by atoms with van der Waals surface area (Å²) < 4.78 is 75.3. The number of aliphatic imine (C=N–C) groups is 1. The third-order valence-corrected chi connectivity index (χ3v) is 4.77. The van der Waals surface area contributed by atoms with E-state index in [1.807, 2.05) is 0 Å². The Morgan fingerprint density at radius 1 is 0.793 bits per heavy atom. The summed E-state index contributed by atoms with van der Waals surface area (Å²) >= 11 is -0.483. The van der Waals surface area contributed by atoms with E-state index in [9.17, 15) is 35.9 Å². The molecule has 0 unspecified atom stereocenters. The van der Waals surface area contributed by atoms with Gasteiger partial charge in [0, 0.05) is 0 Å². The fraction of sp³-hybridized carbons (Fsp3) is 0.167. The summed E-state index contributed by atoms with van der Waals surface area (Å²) in [6, 6.07) is 6.86. The van der Waals surface area contributed by atoms with Crippen molar-refractivity contribution in [3.8, 4) is 0 Å². The van der Waals surface area contributed by atoms with Crippen LogP contribution in [0.4, 0.5) is 26.3 Å². The monoisotopic (exact) mass is 482 g/mol. The van der Waals surface area contributed by atoms with Gasteiger partial charge in [0.05, 0.1) is 0 Å². The topological polar surface area (TPSA) is 58.5 Å². The molecular formula is C18H12F6N2O2Se. The molecule has 0 aromatic heterocycles. The maximum absolute atomic E-state index is 12.6. The van der Waals surface area contributed by atoms with Crippen LogP contribution in [-0.2, 0) is 12.4 Å². The number of hydrogen-bond acceptors (Lipinski definition) is 2. The molecular weight excluding hydrogens is 469 g/mol. The van der Waals surface area contributed by atoms with Crippen LogP contribution < -0.4 is 5.32 Å². The number of rotatable bonds is 3. The number of carbonyl (C=O) groups excluding carboxylic acids is 2. The van der Waals surface area contributed by atoms with Crippen LogP contribution in [0.15, 0.2) is 53.5 Å². The van der Waals surface area contributed by atoms with Crippen LogP contribution in [0, 0.1) is 0 Å². The van der Waals surface area contributed by atoms with E-state index in [1.54, 1.807) is 5.82 Å². The summed E-state index contributed by atoms with van der Waals surface area (Å²) in [5, 5.41) is 2.33. The van der Waals surface area contributed by atoms with Gasteiger partial charge in [-0.25, -0.2) is 0 Å². The molecule has 2 rings (SSSR count). The Kier molecular flexibility index (Phi) is 6.86. The molecule has 154 valence electrons. The minimum atomic E-state index is -4.54. The SMILES string of the molecule is C[Se]C(=NC(=O)c1ccc(C(F)(F)F)cc1)NC(=O)c1ccc(C(F)(F)F)cc1. The molecule has 0 heterocycles. The Bertz CT molecular complexity index is 919. The van der Waals surface area contributed by atoms with Crippen molar-refractivity contribution in [3.05, 3.63) is 70.8 Å². The van der Waals surface area contributed by atoms with E-state index in [4.69, 9.17) is 0 Å². The van der Waals surface area contributed by atoms with E-state index < -0.39 is 50.3 Å². The first kappa shape index (κ1) is 22.6. The zero-order valence-electron chi connectivity index (χ0n) is 14.6. The van der Waals surface area contributed by atoms with Gasteiger partial charge in [0.25, 0.3) is 0 Å². The van der Waals surface area contributed by atoms with Crippen LogP contribution in [-0.4, -0.2) is 31.5 Å². The predicted molar refractivity (Wildman–Crippen MR) is 93.7 cm³/mol. The third-order valence-electron chi connectivity index (χ3n) is 3.55. The molecule has 0 aliphatic carbocycles. The standard InChI is InChI=1S/C18H12F6N2O2Se/c1-29-16(25-14(27)10-2-6-12(7-3-10)17(19,20)21)26-15(28)11-4-8-13(9-5-11)18(22,23)24/h2-9H,1H3,(H,25,26,27,28). The van der Waals surface area contributed by atoms with Crippen LogP contribution in [0.3, 0.4) is 0 Å². The minimum absolute atomic E-state index is 0.0210. The van der Waals surface area contributed by atoms with Gasteiger partial charge in [-0.05, 0) is 0 Å². The van der Waals surface area contributed by atoms with E-state index in [0.717, 1.165) is 48.5 Å². The third kappa shape index (κ3) is 6.16. The van der Waals surface area contributed by atoms with Crippen molar-refractivity contribution >= 4 is 31.5 Å². The Labute approximate surface area is 167 Å². The number of alkyl halides is 6. The first-order valence-corrected chi connectivity index (χ1v) is 10.3. The van der Waals surface area contributed by atoms with E-state index in [2.05, 4.69) is 10.3 Å². The number of benzene rings is 2. The van der Waals surface area contributed by atoms with Crippen molar-refractivity contribution in [2.75, 3.05) is 0 Å². The fourth-order valence-corrected chi connectivity index (χ4v) is 2.84. The summed E-state index contributed by atoms with van der Waals surface area (Å²) in [4.78, 5) is 28.0. The van der Waals surface area contributed by atoms with Gasteiger partial charge >= 0.3 is 167 Å². The van der Waals surface area contributed by atoms with Gasteiger partial charge in [-0.2, -0.15) is 0 Å². The predicted octanol–water partition coefficient (Wildman–Crippen LogP) is 4.40. The molecule has 0 spiro atoms. The first-order chi connectivity index (χ1) is 13.4. The number of nitrogens with one attached hydrogen (secondary N) is 1. The molecule has 29 heavy (non-hydrogen) atoms. The molecule has 2 aromatic rings. The van der Waals surface area contributed by atoms with Crippen molar-refractivity contribution in [1.82, 2.24) is 5.32 Å².